The molecule has 115 heavy (non-hydrogen) atoms. The SMILES string of the molecule is C=CC(=O)N1CCC[C@@H](n2nc(-c3ccc(CCC(=O)c4cc(C(F)(F)F)ccc4F)cc3)c3c(N)ncnc32)C1.C=CC(=O)N1CCC[C@@H](n2nc(-c3ccc(CCC(=O)c4ccc(F)cc4)cc3)c3c(N)ncnc32)C1.C=CC(=O)N1CCC[C@@H](n2nc(-c3ccc(CCC(=O)c4ccccc4C)cc3)c3c(N)ncnc32)C1. The predicted octanol–water partition coefficient (Wildman–Crippen LogP) is 14.3. The molecule has 3 amide bonds. The molecule has 6 N–H and O–H groups in total. The predicted molar refractivity (Wildman–Crippen MR) is 428 cm³/mol. The van der Waals surface area contributed by atoms with E-state index in [1.807, 2.05) is 89.1 Å². The number of alkyl halides is 3. The summed E-state index contributed by atoms with van der Waals surface area (Å²) in [5.41, 5.74) is 28.5. The van der Waals surface area contributed by atoms with Gasteiger partial charge in [-0.25, -0.2) is 52.7 Å². The number of likely N-dealkylation sites (tertiary alicyclic amines) is 3. The van der Waals surface area contributed by atoms with Crippen LogP contribution in [0.3, 0.4) is 0 Å². The summed E-state index contributed by atoms with van der Waals surface area (Å²) < 4.78 is 71.8. The molecule has 6 aromatic carbocycles. The summed E-state index contributed by atoms with van der Waals surface area (Å²) in [7, 11) is 0. The first kappa shape index (κ1) is 79.7. The zero-order chi connectivity index (χ0) is 81.2. The van der Waals surface area contributed by atoms with Crippen LogP contribution in [0.1, 0.15) is 135 Å². The van der Waals surface area contributed by atoms with Gasteiger partial charge in [0.2, 0.25) is 17.7 Å². The van der Waals surface area contributed by atoms with Crippen LogP contribution in [0.15, 0.2) is 196 Å². The second kappa shape index (κ2) is 35.1. The minimum atomic E-state index is -4.68. The number of hydrogen-bond acceptors (Lipinski definition) is 18. The van der Waals surface area contributed by atoms with Crippen LogP contribution in [-0.4, -0.2) is 148 Å². The lowest BCUT2D eigenvalue weighted by atomic mass is 9.98. The van der Waals surface area contributed by atoms with Crippen LogP contribution in [0.2, 0.25) is 0 Å². The van der Waals surface area contributed by atoms with Crippen molar-refractivity contribution in [3.8, 4) is 33.8 Å². The third-order valence-corrected chi connectivity index (χ3v) is 21.1. The number of benzene rings is 6. The molecule has 0 saturated carbocycles. The monoisotopic (exact) mass is 1560 g/mol. The number of amides is 3. The van der Waals surface area contributed by atoms with Crippen molar-refractivity contribution in [2.75, 3.05) is 56.5 Å². The van der Waals surface area contributed by atoms with E-state index >= 15 is 0 Å². The molecule has 24 nitrogen and oxygen atoms in total. The largest absolute Gasteiger partial charge is 0.416 e. The lowest BCUT2D eigenvalue weighted by Crippen LogP contribution is -2.40. The summed E-state index contributed by atoms with van der Waals surface area (Å²) in [5.74, 6) is -1.31. The topological polar surface area (TPSA) is 321 Å². The Morgan fingerprint density at radius 2 is 0.809 bits per heavy atom. The Hall–Kier alpha value is -13.3. The quantitative estimate of drug-likeness (QED) is 0.0342. The number of Topliss-reactive ketones (excluding diaryl/α,β-unsaturated/α-hetero) is 3. The highest BCUT2D eigenvalue weighted by molar-refractivity contribution is 6.02. The molecule has 0 bridgehead atoms. The number of carbonyl (C=O) groups excluding carboxylic acids is 6. The summed E-state index contributed by atoms with van der Waals surface area (Å²) in [5, 5.41) is 16.6. The molecule has 6 aromatic heterocycles. The van der Waals surface area contributed by atoms with E-state index in [1.165, 1.54) is 61.5 Å². The summed E-state index contributed by atoms with van der Waals surface area (Å²) in [6.45, 7) is 16.3. The molecule has 0 unspecified atom stereocenters. The zero-order valence-electron chi connectivity index (χ0n) is 63.1. The number of nitrogen functional groups attached to an aromatic ring is 3. The molecule has 3 fully saturated rings. The average molecular weight is 1560 g/mol. The molecule has 588 valence electrons. The maximum atomic E-state index is 14.1. The Morgan fingerprint density at radius 3 is 1.17 bits per heavy atom. The summed E-state index contributed by atoms with van der Waals surface area (Å²) >= 11 is 0. The highest BCUT2D eigenvalue weighted by Gasteiger charge is 2.34. The van der Waals surface area contributed by atoms with Gasteiger partial charge in [0, 0.05) is 86.3 Å². The van der Waals surface area contributed by atoms with Crippen LogP contribution < -0.4 is 17.2 Å². The van der Waals surface area contributed by atoms with Crippen molar-refractivity contribution in [2.24, 2.45) is 0 Å². The summed E-state index contributed by atoms with van der Waals surface area (Å²) in [6.07, 6.45) is 10.6. The number of anilines is 3. The number of carbonyl (C=O) groups is 6. The van der Waals surface area contributed by atoms with Crippen LogP contribution in [-0.2, 0) is 39.8 Å². The van der Waals surface area contributed by atoms with Crippen molar-refractivity contribution in [1.29, 1.82) is 0 Å². The number of ketones is 3. The normalized spacial score (nSPS) is 15.6. The van der Waals surface area contributed by atoms with Crippen molar-refractivity contribution in [2.45, 2.75) is 108 Å². The molecule has 3 atom stereocenters. The van der Waals surface area contributed by atoms with Gasteiger partial charge in [-0.3, -0.25) is 28.8 Å². The molecular weight excluding hydrogens is 1480 g/mol. The van der Waals surface area contributed by atoms with E-state index in [9.17, 15) is 50.7 Å². The Balaban J connectivity index is 0.000000151. The Bertz CT molecular complexity index is 5670. The van der Waals surface area contributed by atoms with E-state index in [1.54, 1.807) is 43.6 Å². The van der Waals surface area contributed by atoms with Gasteiger partial charge in [0.1, 0.15) is 65.2 Å². The number of nitrogens with two attached hydrogens (primary N) is 3. The minimum absolute atomic E-state index is 0.0186. The summed E-state index contributed by atoms with van der Waals surface area (Å²) in [4.78, 5) is 106. The Kier molecular flexibility index (Phi) is 24.4. The van der Waals surface area contributed by atoms with Gasteiger partial charge >= 0.3 is 6.18 Å². The Labute approximate surface area is 658 Å². The van der Waals surface area contributed by atoms with Gasteiger partial charge in [0.05, 0.1) is 45.4 Å². The first-order chi connectivity index (χ1) is 55.5. The van der Waals surface area contributed by atoms with Crippen molar-refractivity contribution in [3.05, 3.63) is 253 Å². The molecule has 0 aliphatic carbocycles. The van der Waals surface area contributed by atoms with Crippen LogP contribution in [0.25, 0.3) is 66.9 Å². The van der Waals surface area contributed by atoms with E-state index < -0.39 is 28.9 Å². The molecule has 9 heterocycles. The third kappa shape index (κ3) is 17.9. The van der Waals surface area contributed by atoms with Crippen LogP contribution in [0.4, 0.5) is 39.4 Å². The third-order valence-electron chi connectivity index (χ3n) is 21.1. The lowest BCUT2D eigenvalue weighted by Gasteiger charge is -2.32. The molecular formula is C86H83F5N18O6. The number of aryl methyl sites for hydroxylation is 4. The number of nitrogens with zero attached hydrogens (tertiary/aromatic N) is 15. The van der Waals surface area contributed by atoms with Crippen LogP contribution in [0.5, 0.6) is 0 Å². The van der Waals surface area contributed by atoms with Gasteiger partial charge in [0.25, 0.3) is 0 Å². The number of hydrogen-bond donors (Lipinski definition) is 3. The smallest absolute Gasteiger partial charge is 0.383 e. The van der Waals surface area contributed by atoms with Crippen molar-refractivity contribution in [1.82, 2.24) is 73.9 Å². The number of fused-ring (bicyclic) bond motifs is 3. The van der Waals surface area contributed by atoms with Gasteiger partial charge in [-0.05, 0) is 148 Å². The number of piperidine rings is 3. The van der Waals surface area contributed by atoms with E-state index in [-0.39, 0.29) is 71.9 Å². The second-order valence-corrected chi connectivity index (χ2v) is 28.5. The number of halogens is 5. The standard InChI is InChI=1S/C29H26F4N6O2.C29H30N6O2.C28H27FN6O2/c1-2-24(41)38-13-3-4-20(15-38)39-28-25(27(34)35-16-36-28)26(37-39)18-8-5-17(6-9-18)7-12-23(40)21-14-19(29(31,32)33)10-11-22(21)30;1-3-25(37)34-16-6-8-22(17-34)35-29-26(28(30)31-18-32-29)27(33-35)21-13-10-20(11-14-21)12-15-24(36)23-9-5-4-7-19(23)2;1-2-24(37)34-15-3-4-22(16-34)35-28-25(27(30)31-17-32-28)26(33-35)20-8-5-18(6-9-20)7-14-23(36)19-10-12-21(29)13-11-19/h2,5-6,8-11,14,16,20H,1,3-4,7,12-13,15H2,(H2,34,35,36);3-5,7,9-11,13-14,18,22H,1,6,8,12,15-17H2,2H3,(H2,30,31,32);2,5-6,8-13,17,22H,1,3-4,7,14-16H2,(H2,30,31,32)/t20-;2*22-/m111/s1. The van der Waals surface area contributed by atoms with Crippen LogP contribution in [0, 0.1) is 18.6 Å². The highest BCUT2D eigenvalue weighted by Crippen LogP contribution is 2.39. The average Bonchev–Trinajstić information content (AvgIpc) is 1.62. The highest BCUT2D eigenvalue weighted by atomic mass is 19.4. The fourth-order valence-electron chi connectivity index (χ4n) is 14.9. The molecule has 0 spiro atoms. The minimum Gasteiger partial charge on any atom is -0.383 e. The molecule has 29 heteroatoms. The van der Waals surface area contributed by atoms with Gasteiger partial charge in [-0.1, -0.05) is 117 Å². The fourth-order valence-corrected chi connectivity index (χ4v) is 14.9. The van der Waals surface area contributed by atoms with E-state index in [2.05, 4.69) is 49.6 Å². The van der Waals surface area contributed by atoms with Gasteiger partial charge in [0.15, 0.2) is 34.3 Å². The number of aromatic nitrogens is 12. The van der Waals surface area contributed by atoms with Gasteiger partial charge in [-0.2, -0.15) is 28.5 Å². The first-order valence-electron chi connectivity index (χ1n) is 37.7. The molecule has 12 aromatic rings. The zero-order valence-corrected chi connectivity index (χ0v) is 63.1. The second-order valence-electron chi connectivity index (χ2n) is 28.5. The van der Waals surface area contributed by atoms with Crippen molar-refractivity contribution in [3.63, 3.8) is 0 Å². The molecule has 3 saturated heterocycles. The van der Waals surface area contributed by atoms with Crippen molar-refractivity contribution < 1.29 is 50.7 Å². The molecule has 15 rings (SSSR count). The first-order valence-corrected chi connectivity index (χ1v) is 37.7. The maximum Gasteiger partial charge on any atom is 0.416 e. The molecule has 3 aliphatic rings. The maximum absolute atomic E-state index is 14.1. The van der Waals surface area contributed by atoms with Crippen LogP contribution >= 0.6 is 0 Å². The lowest BCUT2D eigenvalue weighted by molar-refractivity contribution is -0.137. The van der Waals surface area contributed by atoms with E-state index in [0.717, 1.165) is 77.5 Å². The molecule has 0 radical (unpaired) electrons. The van der Waals surface area contributed by atoms with Gasteiger partial charge < -0.3 is 31.9 Å². The van der Waals surface area contributed by atoms with E-state index in [4.69, 9.17) is 32.5 Å². The Morgan fingerprint density at radius 1 is 0.452 bits per heavy atom. The summed E-state index contributed by atoms with van der Waals surface area (Å²) in [6, 6.07) is 37.9. The number of rotatable bonds is 21. The fraction of sp³-hybridized carbons (Fsp3) is 0.267. The van der Waals surface area contributed by atoms with Crippen molar-refractivity contribution >= 4 is 85.6 Å². The molecule has 3 aliphatic heterocycles. The van der Waals surface area contributed by atoms with E-state index in [0.29, 0.717) is 156 Å². The van der Waals surface area contributed by atoms with Gasteiger partial charge in [-0.15, -0.1) is 0 Å².